The predicted octanol–water partition coefficient (Wildman–Crippen LogP) is 4.48. The van der Waals surface area contributed by atoms with Crippen molar-refractivity contribution in [2.75, 3.05) is 0 Å². The molecule has 0 radical (unpaired) electrons. The van der Waals surface area contributed by atoms with Crippen LogP contribution in [0, 0.1) is 17.2 Å². The van der Waals surface area contributed by atoms with Gasteiger partial charge in [0.15, 0.2) is 5.60 Å². The number of ether oxygens (including phenoxy) is 1. The number of rotatable bonds is 2. The quantitative estimate of drug-likeness (QED) is 0.583. The van der Waals surface area contributed by atoms with Gasteiger partial charge in [0.1, 0.15) is 11.4 Å². The molecule has 0 saturated heterocycles. The fraction of sp³-hybridized carbons (Fsp3) is 0.174. The van der Waals surface area contributed by atoms with Crippen LogP contribution in [0.25, 0.3) is 0 Å². The van der Waals surface area contributed by atoms with Gasteiger partial charge in [0.2, 0.25) is 11.4 Å². The van der Waals surface area contributed by atoms with E-state index in [0.29, 0.717) is 10.6 Å². The van der Waals surface area contributed by atoms with E-state index in [0.717, 1.165) is 10.0 Å². The summed E-state index contributed by atoms with van der Waals surface area (Å²) in [7, 11) is 0. The Bertz CT molecular complexity index is 1210. The number of fused-ring (bicyclic) bond motifs is 4. The fourth-order valence-electron chi connectivity index (χ4n) is 4.69. The number of hydrogen-bond donors (Lipinski definition) is 1. The molecular formula is C23H14BrClN2O3. The molecule has 1 N–H and O–H groups in total. The lowest BCUT2D eigenvalue weighted by Crippen LogP contribution is -2.51. The molecule has 1 aliphatic heterocycles. The van der Waals surface area contributed by atoms with Gasteiger partial charge in [0, 0.05) is 22.3 Å². The summed E-state index contributed by atoms with van der Waals surface area (Å²) < 4.78 is 7.20. The Morgan fingerprint density at radius 2 is 1.87 bits per heavy atom. The standard InChI is InChI=1S/C23H14BrClN2O3/c24-15-8-6-14(7-9-15)23-19(13-4-2-1-3-5-13)17(11-26)22(29,21(23)28)20-18(30-23)10-16(25)12-27-20/h1-10,12,17,19,29H/t17-,19?,22-,23-/m1/s1. The number of nitrogens with zero attached hydrogens (tertiary/aromatic N) is 2. The Morgan fingerprint density at radius 3 is 2.53 bits per heavy atom. The number of nitriles is 1. The minimum Gasteiger partial charge on any atom is -0.472 e. The number of hydrogen-bond acceptors (Lipinski definition) is 5. The Balaban J connectivity index is 1.88. The van der Waals surface area contributed by atoms with E-state index in [1.807, 2.05) is 30.3 Å². The van der Waals surface area contributed by atoms with E-state index >= 15 is 0 Å². The highest BCUT2D eigenvalue weighted by atomic mass is 79.9. The van der Waals surface area contributed by atoms with Crippen molar-refractivity contribution in [1.29, 1.82) is 5.26 Å². The van der Waals surface area contributed by atoms with Crippen LogP contribution >= 0.6 is 27.5 Å². The second-order valence-corrected chi connectivity index (χ2v) is 8.79. The maximum absolute atomic E-state index is 13.9. The molecule has 0 amide bonds. The normalized spacial score (nSPS) is 29.1. The van der Waals surface area contributed by atoms with Crippen molar-refractivity contribution in [3.8, 4) is 11.8 Å². The van der Waals surface area contributed by atoms with E-state index in [-0.39, 0.29) is 11.4 Å². The van der Waals surface area contributed by atoms with Crippen molar-refractivity contribution < 1.29 is 14.6 Å². The summed E-state index contributed by atoms with van der Waals surface area (Å²) in [5.41, 5.74) is -2.44. The third-order valence-electron chi connectivity index (χ3n) is 5.93. The Kier molecular flexibility index (Phi) is 4.26. The minimum absolute atomic E-state index is 0.0228. The van der Waals surface area contributed by atoms with Crippen molar-refractivity contribution in [2.24, 2.45) is 5.92 Å². The van der Waals surface area contributed by atoms with Gasteiger partial charge in [-0.05, 0) is 17.7 Å². The Hall–Kier alpha value is -2.72. The average molecular weight is 482 g/mol. The largest absolute Gasteiger partial charge is 0.472 e. The number of Topliss-reactive ketones (excluding diaryl/α,β-unsaturated/α-hetero) is 1. The lowest BCUT2D eigenvalue weighted by atomic mass is 9.76. The molecule has 30 heavy (non-hydrogen) atoms. The number of ketones is 1. The number of pyridine rings is 1. The molecule has 2 aliphatic rings. The first-order valence-corrected chi connectivity index (χ1v) is 10.4. The SMILES string of the molecule is N#C[C@@H]1C(c2ccccc2)[C@@]2(c3ccc(Br)cc3)Oc3cc(Cl)cnc3[C@@]1(O)C2=O. The van der Waals surface area contributed by atoms with Gasteiger partial charge < -0.3 is 9.84 Å². The molecule has 2 heterocycles. The summed E-state index contributed by atoms with van der Waals surface area (Å²) in [4.78, 5) is 18.1. The summed E-state index contributed by atoms with van der Waals surface area (Å²) in [6.45, 7) is 0. The molecule has 2 aromatic carbocycles. The van der Waals surface area contributed by atoms with Crippen LogP contribution in [0.2, 0.25) is 5.02 Å². The molecule has 1 unspecified atom stereocenters. The first-order valence-electron chi connectivity index (χ1n) is 9.26. The van der Waals surface area contributed by atoms with Gasteiger partial charge in [-0.25, -0.2) is 0 Å². The lowest BCUT2D eigenvalue weighted by molar-refractivity contribution is -0.152. The molecule has 1 aliphatic carbocycles. The van der Waals surface area contributed by atoms with E-state index in [2.05, 4.69) is 27.0 Å². The van der Waals surface area contributed by atoms with Crippen LogP contribution in [0.3, 0.4) is 0 Å². The van der Waals surface area contributed by atoms with Crippen molar-refractivity contribution >= 4 is 33.3 Å². The smallest absolute Gasteiger partial charge is 0.220 e. The van der Waals surface area contributed by atoms with E-state index in [4.69, 9.17) is 16.3 Å². The van der Waals surface area contributed by atoms with Crippen molar-refractivity contribution in [3.63, 3.8) is 0 Å². The summed E-state index contributed by atoms with van der Waals surface area (Å²) in [6.07, 6.45) is 1.34. The van der Waals surface area contributed by atoms with Crippen LogP contribution < -0.4 is 4.74 Å². The number of carbonyl (C=O) groups is 1. The van der Waals surface area contributed by atoms with E-state index < -0.39 is 28.8 Å². The molecular weight excluding hydrogens is 468 g/mol. The molecule has 3 aromatic rings. The summed E-state index contributed by atoms with van der Waals surface area (Å²) in [5, 5.41) is 22.2. The summed E-state index contributed by atoms with van der Waals surface area (Å²) >= 11 is 9.54. The maximum atomic E-state index is 13.9. The molecule has 0 spiro atoms. The first-order chi connectivity index (χ1) is 14.4. The van der Waals surface area contributed by atoms with Crippen LogP contribution in [0.4, 0.5) is 0 Å². The molecule has 1 aromatic heterocycles. The number of aliphatic hydroxyl groups is 1. The molecule has 4 atom stereocenters. The van der Waals surface area contributed by atoms with Crippen LogP contribution in [0.5, 0.6) is 5.75 Å². The maximum Gasteiger partial charge on any atom is 0.220 e. The molecule has 1 fully saturated rings. The zero-order chi connectivity index (χ0) is 21.1. The van der Waals surface area contributed by atoms with E-state index in [1.165, 1.54) is 12.3 Å². The third-order valence-corrected chi connectivity index (χ3v) is 6.66. The van der Waals surface area contributed by atoms with Crippen molar-refractivity contribution in [3.05, 3.63) is 93.2 Å². The third kappa shape index (κ3) is 2.37. The monoisotopic (exact) mass is 480 g/mol. The van der Waals surface area contributed by atoms with Gasteiger partial charge in [0.05, 0.1) is 22.9 Å². The number of halogens is 2. The van der Waals surface area contributed by atoms with E-state index in [9.17, 15) is 15.2 Å². The van der Waals surface area contributed by atoms with Crippen LogP contribution in [-0.2, 0) is 16.0 Å². The van der Waals surface area contributed by atoms with Gasteiger partial charge in [-0.3, -0.25) is 9.78 Å². The molecule has 7 heteroatoms. The zero-order valence-corrected chi connectivity index (χ0v) is 17.8. The summed E-state index contributed by atoms with van der Waals surface area (Å²) in [6, 6.07) is 20.0. The molecule has 2 bridgehead atoms. The van der Waals surface area contributed by atoms with Crippen LogP contribution in [0.15, 0.2) is 71.3 Å². The fourth-order valence-corrected chi connectivity index (χ4v) is 5.10. The number of benzene rings is 2. The average Bonchev–Trinajstić information content (AvgIpc) is 2.88. The summed E-state index contributed by atoms with van der Waals surface area (Å²) in [5.74, 6) is -2.26. The van der Waals surface area contributed by atoms with Gasteiger partial charge in [-0.15, -0.1) is 0 Å². The molecule has 5 nitrogen and oxygen atoms in total. The van der Waals surface area contributed by atoms with Crippen molar-refractivity contribution in [1.82, 2.24) is 4.98 Å². The highest BCUT2D eigenvalue weighted by molar-refractivity contribution is 9.10. The topological polar surface area (TPSA) is 83.2 Å². The van der Waals surface area contributed by atoms with E-state index in [1.54, 1.807) is 24.3 Å². The predicted molar refractivity (Wildman–Crippen MR) is 113 cm³/mol. The van der Waals surface area contributed by atoms with Crippen LogP contribution in [0.1, 0.15) is 22.7 Å². The number of carbonyl (C=O) groups excluding carboxylic acids is 1. The second-order valence-electron chi connectivity index (χ2n) is 7.44. The molecule has 1 saturated carbocycles. The first kappa shape index (κ1) is 19.3. The molecule has 5 rings (SSSR count). The second kappa shape index (κ2) is 6.64. The highest BCUT2D eigenvalue weighted by Gasteiger charge is 2.75. The van der Waals surface area contributed by atoms with Crippen molar-refractivity contribution in [2.45, 2.75) is 17.1 Å². The van der Waals surface area contributed by atoms with Crippen LogP contribution in [-0.4, -0.2) is 15.9 Å². The minimum atomic E-state index is -2.12. The Labute approximate surface area is 186 Å². The highest BCUT2D eigenvalue weighted by Crippen LogP contribution is 2.63. The number of aromatic nitrogens is 1. The van der Waals surface area contributed by atoms with Gasteiger partial charge in [-0.1, -0.05) is 70.0 Å². The van der Waals surface area contributed by atoms with Gasteiger partial charge in [-0.2, -0.15) is 5.26 Å². The van der Waals surface area contributed by atoms with Gasteiger partial charge in [0.25, 0.3) is 0 Å². The zero-order valence-electron chi connectivity index (χ0n) is 15.4. The molecule has 148 valence electrons. The lowest BCUT2D eigenvalue weighted by Gasteiger charge is -2.38. The Morgan fingerprint density at radius 1 is 1.17 bits per heavy atom. The van der Waals surface area contributed by atoms with Gasteiger partial charge >= 0.3 is 0 Å².